The van der Waals surface area contributed by atoms with E-state index in [2.05, 4.69) is 0 Å². The van der Waals surface area contributed by atoms with Crippen LogP contribution in [0.4, 0.5) is 0 Å². The van der Waals surface area contributed by atoms with E-state index in [0.717, 1.165) is 21.8 Å². The van der Waals surface area contributed by atoms with E-state index in [9.17, 15) is 4.79 Å². The third-order valence-corrected chi connectivity index (χ3v) is 4.29. The summed E-state index contributed by atoms with van der Waals surface area (Å²) in [6.45, 7) is 1.57. The molecule has 0 N–H and O–H groups in total. The number of benzene rings is 2. The molecule has 0 atom stereocenters. The minimum atomic E-state index is 0.0724. The quantitative estimate of drug-likeness (QED) is 0.549. The van der Waals surface area contributed by atoms with E-state index in [1.54, 1.807) is 30.8 Å². The Labute approximate surface area is 126 Å². The first-order valence-corrected chi connectivity index (χ1v) is 7.48. The molecule has 0 aliphatic carbocycles. The zero-order valence-electron chi connectivity index (χ0n) is 10.3. The lowest BCUT2D eigenvalue weighted by atomic mass is 10.2. The van der Waals surface area contributed by atoms with Crippen LogP contribution < -0.4 is 0 Å². The van der Waals surface area contributed by atoms with Gasteiger partial charge in [-0.2, -0.15) is 0 Å². The predicted octanol–water partition coefficient (Wildman–Crippen LogP) is 5.49. The van der Waals surface area contributed by atoms with Crippen molar-refractivity contribution in [2.75, 3.05) is 0 Å². The fourth-order valence-electron chi connectivity index (χ4n) is 1.62. The summed E-state index contributed by atoms with van der Waals surface area (Å²) in [5, 5.41) is 1.39. The Bertz CT molecular complexity index is 611. The van der Waals surface area contributed by atoms with Gasteiger partial charge in [-0.3, -0.25) is 4.79 Å². The highest BCUT2D eigenvalue weighted by atomic mass is 35.5. The second kappa shape index (κ2) is 6.47. The van der Waals surface area contributed by atoms with Crippen LogP contribution in [0.3, 0.4) is 0 Å². The Morgan fingerprint density at radius 3 is 2.68 bits per heavy atom. The lowest BCUT2D eigenvalue weighted by Gasteiger charge is -2.06. The Balaban J connectivity index is 2.12. The van der Waals surface area contributed by atoms with Gasteiger partial charge in [0.2, 0.25) is 0 Å². The van der Waals surface area contributed by atoms with E-state index in [-0.39, 0.29) is 5.78 Å². The van der Waals surface area contributed by atoms with Gasteiger partial charge in [0.25, 0.3) is 0 Å². The maximum Gasteiger partial charge on any atom is 0.159 e. The summed E-state index contributed by atoms with van der Waals surface area (Å²) in [4.78, 5) is 12.4. The number of Topliss-reactive ketones (excluding diaryl/α,β-unsaturated/α-hetero) is 1. The summed E-state index contributed by atoms with van der Waals surface area (Å²) in [5.41, 5.74) is 1.72. The highest BCUT2D eigenvalue weighted by Gasteiger charge is 2.04. The number of hydrogen-bond acceptors (Lipinski definition) is 2. The van der Waals surface area contributed by atoms with Crippen LogP contribution in [0.2, 0.25) is 10.0 Å². The van der Waals surface area contributed by atoms with Crippen molar-refractivity contribution < 1.29 is 4.79 Å². The largest absolute Gasteiger partial charge is 0.295 e. The molecule has 2 rings (SSSR count). The van der Waals surface area contributed by atoms with Gasteiger partial charge in [0.1, 0.15) is 0 Å². The van der Waals surface area contributed by atoms with Gasteiger partial charge < -0.3 is 0 Å². The normalized spacial score (nSPS) is 10.5. The molecule has 0 bridgehead atoms. The Kier molecular flexibility index (Phi) is 4.92. The minimum absolute atomic E-state index is 0.0724. The van der Waals surface area contributed by atoms with Gasteiger partial charge >= 0.3 is 0 Å². The fraction of sp³-hybridized carbons (Fsp3) is 0.133. The molecule has 98 valence electrons. The number of hydrogen-bond donors (Lipinski definition) is 0. The number of halogens is 2. The molecule has 0 amide bonds. The van der Waals surface area contributed by atoms with Crippen molar-refractivity contribution in [3.05, 3.63) is 63.6 Å². The SMILES string of the molecule is CC(=O)c1cccc(SCc2cc(Cl)ccc2Cl)c1. The molecule has 2 aromatic rings. The van der Waals surface area contributed by atoms with Crippen molar-refractivity contribution in [3.63, 3.8) is 0 Å². The van der Waals surface area contributed by atoms with Crippen LogP contribution in [0.15, 0.2) is 47.4 Å². The summed E-state index contributed by atoms with van der Waals surface area (Å²) in [6, 6.07) is 13.0. The molecular formula is C15H12Cl2OS. The number of carbonyl (C=O) groups excluding carboxylic acids is 1. The number of rotatable bonds is 4. The van der Waals surface area contributed by atoms with Crippen molar-refractivity contribution in [1.29, 1.82) is 0 Å². The van der Waals surface area contributed by atoms with E-state index in [1.807, 2.05) is 30.3 Å². The van der Waals surface area contributed by atoms with Crippen LogP contribution in [0.1, 0.15) is 22.8 Å². The topological polar surface area (TPSA) is 17.1 Å². The zero-order valence-corrected chi connectivity index (χ0v) is 12.6. The molecule has 0 fully saturated rings. The second-order valence-corrected chi connectivity index (χ2v) is 6.00. The first-order chi connectivity index (χ1) is 9.06. The van der Waals surface area contributed by atoms with Crippen LogP contribution in [0.25, 0.3) is 0 Å². The lowest BCUT2D eigenvalue weighted by molar-refractivity contribution is 0.101. The summed E-state index contributed by atoms with van der Waals surface area (Å²) < 4.78 is 0. The second-order valence-electron chi connectivity index (χ2n) is 4.11. The van der Waals surface area contributed by atoms with Gasteiger partial charge in [-0.1, -0.05) is 35.3 Å². The van der Waals surface area contributed by atoms with Gasteiger partial charge in [-0.05, 0) is 42.8 Å². The highest BCUT2D eigenvalue weighted by molar-refractivity contribution is 7.98. The Hall–Kier alpha value is -0.960. The van der Waals surface area contributed by atoms with E-state index in [0.29, 0.717) is 10.0 Å². The van der Waals surface area contributed by atoms with Gasteiger partial charge in [0.05, 0.1) is 0 Å². The fourth-order valence-corrected chi connectivity index (χ4v) is 3.02. The molecular weight excluding hydrogens is 299 g/mol. The minimum Gasteiger partial charge on any atom is -0.295 e. The lowest BCUT2D eigenvalue weighted by Crippen LogP contribution is -1.91. The van der Waals surface area contributed by atoms with Gasteiger partial charge in [0, 0.05) is 26.3 Å². The monoisotopic (exact) mass is 310 g/mol. The standard InChI is InChI=1S/C15H12Cl2OS/c1-10(18)11-3-2-4-14(8-11)19-9-12-7-13(16)5-6-15(12)17/h2-8H,9H2,1H3. The molecule has 4 heteroatoms. The molecule has 0 saturated heterocycles. The number of ketones is 1. The maximum absolute atomic E-state index is 11.3. The van der Waals surface area contributed by atoms with Crippen LogP contribution in [0.5, 0.6) is 0 Å². The smallest absolute Gasteiger partial charge is 0.159 e. The summed E-state index contributed by atoms with van der Waals surface area (Å²) in [5.74, 6) is 0.795. The summed E-state index contributed by atoms with van der Waals surface area (Å²) in [7, 11) is 0. The molecule has 0 spiro atoms. The summed E-state index contributed by atoms with van der Waals surface area (Å²) in [6.07, 6.45) is 0. The van der Waals surface area contributed by atoms with Crippen molar-refractivity contribution >= 4 is 40.7 Å². The molecule has 0 aliphatic heterocycles. The molecule has 0 heterocycles. The molecule has 0 unspecified atom stereocenters. The molecule has 0 aliphatic rings. The van der Waals surface area contributed by atoms with Crippen LogP contribution in [-0.4, -0.2) is 5.78 Å². The van der Waals surface area contributed by atoms with Crippen LogP contribution >= 0.6 is 35.0 Å². The number of carbonyl (C=O) groups is 1. The van der Waals surface area contributed by atoms with Crippen molar-refractivity contribution in [3.8, 4) is 0 Å². The molecule has 0 saturated carbocycles. The molecule has 1 nitrogen and oxygen atoms in total. The Morgan fingerprint density at radius 1 is 1.16 bits per heavy atom. The molecule has 0 radical (unpaired) electrons. The van der Waals surface area contributed by atoms with E-state index < -0.39 is 0 Å². The summed E-state index contributed by atoms with van der Waals surface area (Å²) >= 11 is 13.7. The van der Waals surface area contributed by atoms with Crippen molar-refractivity contribution in [1.82, 2.24) is 0 Å². The van der Waals surface area contributed by atoms with Crippen molar-refractivity contribution in [2.45, 2.75) is 17.6 Å². The van der Waals surface area contributed by atoms with Gasteiger partial charge in [-0.15, -0.1) is 11.8 Å². The zero-order chi connectivity index (χ0) is 13.8. The first kappa shape index (κ1) is 14.4. The van der Waals surface area contributed by atoms with E-state index >= 15 is 0 Å². The molecule has 0 aromatic heterocycles. The highest BCUT2D eigenvalue weighted by Crippen LogP contribution is 2.29. The van der Waals surface area contributed by atoms with E-state index in [4.69, 9.17) is 23.2 Å². The maximum atomic E-state index is 11.3. The van der Waals surface area contributed by atoms with E-state index in [1.165, 1.54) is 0 Å². The first-order valence-electron chi connectivity index (χ1n) is 5.74. The third-order valence-electron chi connectivity index (χ3n) is 2.64. The molecule has 2 aromatic carbocycles. The van der Waals surface area contributed by atoms with Crippen molar-refractivity contribution in [2.24, 2.45) is 0 Å². The van der Waals surface area contributed by atoms with Gasteiger partial charge in [-0.25, -0.2) is 0 Å². The Morgan fingerprint density at radius 2 is 1.95 bits per heavy atom. The number of thioether (sulfide) groups is 1. The molecule has 19 heavy (non-hydrogen) atoms. The average Bonchev–Trinajstić information content (AvgIpc) is 2.40. The predicted molar refractivity (Wildman–Crippen MR) is 82.5 cm³/mol. The third kappa shape index (κ3) is 4.00. The van der Waals surface area contributed by atoms with Crippen LogP contribution in [-0.2, 0) is 5.75 Å². The average molecular weight is 311 g/mol. The van der Waals surface area contributed by atoms with Crippen LogP contribution in [0, 0.1) is 0 Å². The van der Waals surface area contributed by atoms with Gasteiger partial charge in [0.15, 0.2) is 5.78 Å².